The van der Waals surface area contributed by atoms with E-state index in [4.69, 9.17) is 16.2 Å². The number of unbranched alkanes of at least 4 members (excludes halogenated alkanes) is 13. The second-order valence-corrected chi connectivity index (χ2v) is 16.1. The zero-order valence-electron chi connectivity index (χ0n) is 23.7. The van der Waals surface area contributed by atoms with Crippen LogP contribution in [0.15, 0.2) is 12.7 Å². The van der Waals surface area contributed by atoms with Gasteiger partial charge in [-0.2, -0.15) is 0 Å². The van der Waals surface area contributed by atoms with Gasteiger partial charge in [0.25, 0.3) is 0 Å². The van der Waals surface area contributed by atoms with Crippen molar-refractivity contribution in [3.8, 4) is 0 Å². The normalized spacial score (nSPS) is 15.4. The molecular weight excluding hydrogens is 518 g/mol. The monoisotopic (exact) mass is 570 g/mol. The molecule has 0 fully saturated rings. The summed E-state index contributed by atoms with van der Waals surface area (Å²) in [6.07, 6.45) is 22.8. The van der Waals surface area contributed by atoms with Crippen LogP contribution >= 0.6 is 15.3 Å². The SMILES string of the molecule is CCCCCCCCCCCCCCCC[C@@H](N)CPP(=O)(O)CO[C@H](C)Cn1cnc2c(N)ncnc21. The third-order valence-electron chi connectivity index (χ3n) is 6.95. The topological polar surface area (TPSA) is 142 Å². The molecule has 0 amide bonds. The van der Waals surface area contributed by atoms with Gasteiger partial charge in [0.2, 0.25) is 7.06 Å². The lowest BCUT2D eigenvalue weighted by molar-refractivity contribution is 0.0840. The van der Waals surface area contributed by atoms with Crippen LogP contribution in [0.3, 0.4) is 0 Å². The minimum atomic E-state index is -3.36. The van der Waals surface area contributed by atoms with Crippen LogP contribution in [-0.4, -0.2) is 49.1 Å². The fraction of sp³-hybridized carbons (Fsp3) is 0.815. The summed E-state index contributed by atoms with van der Waals surface area (Å²) in [5.41, 5.74) is 13.2. The molecule has 0 saturated carbocycles. The molecule has 5 N–H and O–H groups in total. The summed E-state index contributed by atoms with van der Waals surface area (Å²) in [4.78, 5) is 22.8. The molecule has 0 aromatic carbocycles. The minimum absolute atomic E-state index is 0.0222. The number of nitrogen functional groups attached to an aromatic ring is 1. The Kier molecular flexibility index (Phi) is 16.6. The van der Waals surface area contributed by atoms with Gasteiger partial charge in [-0.25, -0.2) is 15.0 Å². The van der Waals surface area contributed by atoms with Crippen LogP contribution < -0.4 is 11.5 Å². The smallest absolute Gasteiger partial charge is 0.241 e. The molecule has 2 aromatic rings. The van der Waals surface area contributed by atoms with Crippen molar-refractivity contribution in [3.63, 3.8) is 0 Å². The number of nitrogens with two attached hydrogens (primary N) is 2. The highest BCUT2D eigenvalue weighted by atomic mass is 32.1. The van der Waals surface area contributed by atoms with Gasteiger partial charge in [0.15, 0.2) is 11.5 Å². The van der Waals surface area contributed by atoms with Crippen LogP contribution in [0.5, 0.6) is 0 Å². The highest BCUT2D eigenvalue weighted by Crippen LogP contribution is 2.60. The fourth-order valence-electron chi connectivity index (χ4n) is 4.60. The molecule has 4 atom stereocenters. The number of rotatable bonds is 23. The molecule has 9 nitrogen and oxygen atoms in total. The van der Waals surface area contributed by atoms with Crippen molar-refractivity contribution in [1.29, 1.82) is 0 Å². The number of aromatic nitrogens is 4. The standard InChI is InChI=1S/C27H52N6O3P2/c1-3-4-5-6-7-8-9-10-11-12-13-14-15-16-17-24(28)19-37-38(34,35)22-36-23(2)18-33-21-32-25-26(29)30-20-31-27(25)33/h20-21,23-24,37H,3-19,22,28H2,1-2H3,(H,34,35)(H2,29,30,31)/t23-,24-/m1/s1. The molecule has 2 rings (SSSR count). The van der Waals surface area contributed by atoms with Gasteiger partial charge in [-0.15, -0.1) is 0 Å². The zero-order chi connectivity index (χ0) is 27.6. The molecule has 2 heterocycles. The van der Waals surface area contributed by atoms with Gasteiger partial charge in [0.05, 0.1) is 19.0 Å². The number of fused-ring (bicyclic) bond motifs is 1. The van der Waals surface area contributed by atoms with E-state index in [9.17, 15) is 9.46 Å². The minimum Gasteiger partial charge on any atom is -0.382 e. The molecule has 0 saturated heterocycles. The molecule has 0 aliphatic carbocycles. The summed E-state index contributed by atoms with van der Waals surface area (Å²) in [6.45, 7) is 4.58. The molecule has 2 aromatic heterocycles. The molecule has 0 bridgehead atoms. The van der Waals surface area contributed by atoms with Crippen molar-refractivity contribution >= 4 is 32.3 Å². The van der Waals surface area contributed by atoms with Crippen molar-refractivity contribution in [2.24, 2.45) is 5.73 Å². The van der Waals surface area contributed by atoms with Crippen LogP contribution in [0.1, 0.15) is 110 Å². The Labute approximate surface area is 231 Å². The Morgan fingerprint density at radius 1 is 0.974 bits per heavy atom. The van der Waals surface area contributed by atoms with E-state index in [1.54, 1.807) is 6.33 Å². The average Bonchev–Trinajstić information content (AvgIpc) is 3.30. The Bertz CT molecular complexity index is 945. The van der Waals surface area contributed by atoms with E-state index in [0.29, 0.717) is 29.7 Å². The first-order chi connectivity index (χ1) is 18.3. The second-order valence-electron chi connectivity index (χ2n) is 10.6. The van der Waals surface area contributed by atoms with Crippen molar-refractivity contribution in [3.05, 3.63) is 12.7 Å². The highest BCUT2D eigenvalue weighted by molar-refractivity contribution is 8.22. The Hall–Kier alpha value is -1.11. The lowest BCUT2D eigenvalue weighted by Gasteiger charge is -2.19. The molecule has 0 aliphatic heterocycles. The lowest BCUT2D eigenvalue weighted by Crippen LogP contribution is -2.22. The van der Waals surface area contributed by atoms with Gasteiger partial charge < -0.3 is 25.7 Å². The van der Waals surface area contributed by atoms with E-state index in [1.165, 1.54) is 89.8 Å². The van der Waals surface area contributed by atoms with E-state index < -0.39 is 7.06 Å². The molecule has 38 heavy (non-hydrogen) atoms. The maximum atomic E-state index is 12.6. The maximum Gasteiger partial charge on any atom is 0.241 e. The van der Waals surface area contributed by atoms with E-state index in [-0.39, 0.29) is 26.8 Å². The summed E-state index contributed by atoms with van der Waals surface area (Å²) in [6, 6.07) is -0.0222. The third kappa shape index (κ3) is 13.8. The summed E-state index contributed by atoms with van der Waals surface area (Å²) in [5.74, 6) is 0.328. The second kappa shape index (κ2) is 19.0. The first kappa shape index (κ1) is 33.1. The van der Waals surface area contributed by atoms with E-state index in [2.05, 4.69) is 21.9 Å². The largest absolute Gasteiger partial charge is 0.382 e. The predicted molar refractivity (Wildman–Crippen MR) is 161 cm³/mol. The average molecular weight is 571 g/mol. The maximum absolute atomic E-state index is 12.6. The van der Waals surface area contributed by atoms with Gasteiger partial charge in [0.1, 0.15) is 18.2 Å². The Morgan fingerprint density at radius 2 is 1.55 bits per heavy atom. The highest BCUT2D eigenvalue weighted by Gasteiger charge is 2.22. The summed E-state index contributed by atoms with van der Waals surface area (Å²) < 4.78 is 20.1. The van der Waals surface area contributed by atoms with Crippen LogP contribution in [0.2, 0.25) is 0 Å². The van der Waals surface area contributed by atoms with E-state index in [0.717, 1.165) is 12.8 Å². The summed E-state index contributed by atoms with van der Waals surface area (Å²) >= 11 is 0. The van der Waals surface area contributed by atoms with Gasteiger partial charge in [-0.05, 0) is 27.8 Å². The molecule has 218 valence electrons. The van der Waals surface area contributed by atoms with Crippen molar-refractivity contribution in [1.82, 2.24) is 19.5 Å². The predicted octanol–water partition coefficient (Wildman–Crippen LogP) is 6.83. The Morgan fingerprint density at radius 3 is 2.16 bits per heavy atom. The number of hydrogen-bond acceptors (Lipinski definition) is 7. The van der Waals surface area contributed by atoms with Crippen molar-refractivity contribution in [2.75, 3.05) is 18.2 Å². The number of nitrogens with zero attached hydrogens (tertiary/aromatic N) is 4. The van der Waals surface area contributed by atoms with Gasteiger partial charge in [0, 0.05) is 6.04 Å². The number of ether oxygens (including phenoxy) is 1. The first-order valence-electron chi connectivity index (χ1n) is 14.7. The van der Waals surface area contributed by atoms with Crippen LogP contribution in [-0.2, 0) is 15.8 Å². The molecule has 0 radical (unpaired) electrons. The van der Waals surface area contributed by atoms with Gasteiger partial charge in [-0.3, -0.25) is 4.57 Å². The van der Waals surface area contributed by atoms with Gasteiger partial charge in [-0.1, -0.05) is 96.8 Å². The van der Waals surface area contributed by atoms with Crippen LogP contribution in [0.4, 0.5) is 5.82 Å². The number of hydrogen-bond donors (Lipinski definition) is 3. The van der Waals surface area contributed by atoms with Gasteiger partial charge >= 0.3 is 0 Å². The van der Waals surface area contributed by atoms with Crippen LogP contribution in [0.25, 0.3) is 11.2 Å². The molecule has 2 unspecified atom stereocenters. The zero-order valence-corrected chi connectivity index (χ0v) is 25.6. The van der Waals surface area contributed by atoms with Crippen LogP contribution in [0, 0.1) is 0 Å². The lowest BCUT2D eigenvalue weighted by atomic mass is 10.0. The van der Waals surface area contributed by atoms with E-state index >= 15 is 0 Å². The van der Waals surface area contributed by atoms with Crippen molar-refractivity contribution < 1.29 is 14.2 Å². The molecular formula is C27H52N6O3P2. The number of anilines is 1. The molecule has 0 aliphatic rings. The first-order valence-corrected chi connectivity index (χ1v) is 18.6. The summed E-state index contributed by atoms with van der Waals surface area (Å²) in [5, 5.41) is 0. The molecule has 11 heteroatoms. The number of imidazole rings is 1. The summed E-state index contributed by atoms with van der Waals surface area (Å²) in [7, 11) is -3.45. The quantitative estimate of drug-likeness (QED) is 0.0974. The third-order valence-corrected chi connectivity index (χ3v) is 11.1. The molecule has 0 spiro atoms. The van der Waals surface area contributed by atoms with Crippen molar-refractivity contribution in [2.45, 2.75) is 129 Å². The van der Waals surface area contributed by atoms with E-state index in [1.807, 2.05) is 11.5 Å². The fourth-order valence-corrected chi connectivity index (χ4v) is 7.93. The Balaban J connectivity index is 1.47.